The van der Waals surface area contributed by atoms with Gasteiger partial charge in [0.1, 0.15) is 4.88 Å². The van der Waals surface area contributed by atoms with Gasteiger partial charge in [-0.2, -0.15) is 0 Å². The van der Waals surface area contributed by atoms with E-state index in [9.17, 15) is 9.59 Å². The Morgan fingerprint density at radius 2 is 2.19 bits per heavy atom. The van der Waals surface area contributed by atoms with E-state index >= 15 is 0 Å². The first-order valence-corrected chi connectivity index (χ1v) is 5.52. The molecule has 1 N–H and O–H groups in total. The number of aryl methyl sites for hydroxylation is 1. The second kappa shape index (κ2) is 5.50. The molecule has 1 amide bonds. The number of nitrogens with one attached hydrogen (secondary N) is 1. The highest BCUT2D eigenvalue weighted by atomic mass is 32.1. The number of methoxy groups -OCH3 is 1. The van der Waals surface area contributed by atoms with Crippen LogP contribution in [0.3, 0.4) is 0 Å². The SMILES string of the molecule is CCOC(=O)Nc1cc(C)sc1C(=O)OC. The second-order valence-corrected chi connectivity index (χ2v) is 4.19. The van der Waals surface area contributed by atoms with Crippen LogP contribution in [0.1, 0.15) is 21.5 Å². The predicted octanol–water partition coefficient (Wildman–Crippen LogP) is 2.41. The van der Waals surface area contributed by atoms with Gasteiger partial charge in [0, 0.05) is 4.88 Å². The number of carbonyl (C=O) groups excluding carboxylic acids is 2. The van der Waals surface area contributed by atoms with Crippen molar-refractivity contribution in [3.8, 4) is 0 Å². The molecule has 0 radical (unpaired) electrons. The van der Waals surface area contributed by atoms with E-state index < -0.39 is 12.1 Å². The summed E-state index contributed by atoms with van der Waals surface area (Å²) in [6, 6.07) is 1.70. The van der Waals surface area contributed by atoms with Crippen molar-refractivity contribution in [2.45, 2.75) is 13.8 Å². The molecule has 0 atom stereocenters. The average molecular weight is 243 g/mol. The van der Waals surface area contributed by atoms with Gasteiger partial charge in [-0.3, -0.25) is 5.32 Å². The zero-order chi connectivity index (χ0) is 12.1. The average Bonchev–Trinajstić information content (AvgIpc) is 2.58. The minimum atomic E-state index is -0.578. The van der Waals surface area contributed by atoms with Crippen LogP contribution in [-0.4, -0.2) is 25.8 Å². The summed E-state index contributed by atoms with van der Waals surface area (Å²) < 4.78 is 9.34. The topological polar surface area (TPSA) is 64.6 Å². The van der Waals surface area contributed by atoms with Gasteiger partial charge in [0.15, 0.2) is 0 Å². The van der Waals surface area contributed by atoms with Crippen molar-refractivity contribution in [3.05, 3.63) is 15.8 Å². The van der Waals surface area contributed by atoms with E-state index in [-0.39, 0.29) is 6.61 Å². The first-order valence-electron chi connectivity index (χ1n) is 4.71. The standard InChI is InChI=1S/C10H13NO4S/c1-4-15-10(13)11-7-5-6(2)16-8(7)9(12)14-3/h5H,4H2,1-3H3,(H,11,13). The molecule has 88 valence electrons. The van der Waals surface area contributed by atoms with Crippen molar-refractivity contribution in [3.63, 3.8) is 0 Å². The van der Waals surface area contributed by atoms with Crippen molar-refractivity contribution < 1.29 is 19.1 Å². The molecular weight excluding hydrogens is 230 g/mol. The zero-order valence-corrected chi connectivity index (χ0v) is 10.1. The van der Waals surface area contributed by atoms with Crippen LogP contribution in [0.2, 0.25) is 0 Å². The molecule has 0 aromatic carbocycles. The molecule has 0 fully saturated rings. The lowest BCUT2D eigenvalue weighted by atomic mass is 10.3. The molecule has 0 unspecified atom stereocenters. The van der Waals surface area contributed by atoms with Gasteiger partial charge in [0.2, 0.25) is 0 Å². The molecule has 5 nitrogen and oxygen atoms in total. The van der Waals surface area contributed by atoms with E-state index in [0.717, 1.165) is 4.88 Å². The Hall–Kier alpha value is -1.56. The minimum absolute atomic E-state index is 0.280. The summed E-state index contributed by atoms with van der Waals surface area (Å²) in [5.74, 6) is -0.468. The van der Waals surface area contributed by atoms with Gasteiger partial charge >= 0.3 is 12.1 Å². The van der Waals surface area contributed by atoms with Gasteiger partial charge in [0.05, 0.1) is 19.4 Å². The quantitative estimate of drug-likeness (QED) is 0.828. The van der Waals surface area contributed by atoms with E-state index in [4.69, 9.17) is 4.74 Å². The van der Waals surface area contributed by atoms with Gasteiger partial charge in [-0.25, -0.2) is 9.59 Å². The van der Waals surface area contributed by atoms with Crippen molar-refractivity contribution in [1.29, 1.82) is 0 Å². The number of amides is 1. The summed E-state index contributed by atoms with van der Waals surface area (Å²) in [6.45, 7) is 3.83. The molecule has 1 aromatic rings. The Balaban J connectivity index is 2.86. The number of hydrogen-bond acceptors (Lipinski definition) is 5. The molecular formula is C10H13NO4S. The van der Waals surface area contributed by atoms with Crippen LogP contribution in [0, 0.1) is 6.92 Å². The van der Waals surface area contributed by atoms with Crippen molar-refractivity contribution >= 4 is 29.1 Å². The Morgan fingerprint density at radius 1 is 1.50 bits per heavy atom. The van der Waals surface area contributed by atoms with Crippen LogP contribution in [-0.2, 0) is 9.47 Å². The zero-order valence-electron chi connectivity index (χ0n) is 9.33. The fourth-order valence-electron chi connectivity index (χ4n) is 1.13. The molecule has 1 rings (SSSR count). The van der Waals surface area contributed by atoms with E-state index in [2.05, 4.69) is 10.1 Å². The fourth-order valence-corrected chi connectivity index (χ4v) is 2.01. The third kappa shape index (κ3) is 2.96. The summed E-state index contributed by atoms with van der Waals surface area (Å²) in [7, 11) is 1.30. The van der Waals surface area contributed by atoms with Gasteiger partial charge in [0.25, 0.3) is 0 Å². The van der Waals surface area contributed by atoms with Crippen molar-refractivity contribution in [2.24, 2.45) is 0 Å². The van der Waals surface area contributed by atoms with Crippen LogP contribution in [0.4, 0.5) is 10.5 Å². The lowest BCUT2D eigenvalue weighted by molar-refractivity contribution is 0.0607. The highest BCUT2D eigenvalue weighted by Crippen LogP contribution is 2.27. The number of anilines is 1. The Kier molecular flexibility index (Phi) is 4.30. The molecule has 0 saturated carbocycles. The van der Waals surface area contributed by atoms with Crippen LogP contribution in [0.15, 0.2) is 6.07 Å². The highest BCUT2D eigenvalue weighted by Gasteiger charge is 2.17. The van der Waals surface area contributed by atoms with Crippen molar-refractivity contribution in [2.75, 3.05) is 19.0 Å². The summed E-state index contributed by atoms with van der Waals surface area (Å²) in [4.78, 5) is 23.9. The monoisotopic (exact) mass is 243 g/mol. The molecule has 0 bridgehead atoms. The van der Waals surface area contributed by atoms with Gasteiger partial charge < -0.3 is 9.47 Å². The van der Waals surface area contributed by atoms with E-state index in [1.54, 1.807) is 13.0 Å². The number of ether oxygens (including phenoxy) is 2. The maximum Gasteiger partial charge on any atom is 0.411 e. The molecule has 1 heterocycles. The molecule has 0 aliphatic carbocycles. The molecule has 0 spiro atoms. The van der Waals surface area contributed by atoms with E-state index in [0.29, 0.717) is 10.6 Å². The van der Waals surface area contributed by atoms with Gasteiger partial charge in [-0.05, 0) is 19.9 Å². The number of rotatable bonds is 3. The van der Waals surface area contributed by atoms with Crippen LogP contribution in [0.25, 0.3) is 0 Å². The van der Waals surface area contributed by atoms with E-state index in [1.807, 2.05) is 6.92 Å². The van der Waals surface area contributed by atoms with Crippen LogP contribution >= 0.6 is 11.3 Å². The summed E-state index contributed by atoms with van der Waals surface area (Å²) >= 11 is 1.26. The maximum absolute atomic E-state index is 11.4. The molecule has 0 aliphatic rings. The summed E-state index contributed by atoms with van der Waals surface area (Å²) in [5.41, 5.74) is 0.424. The third-order valence-electron chi connectivity index (χ3n) is 1.74. The number of esters is 1. The minimum Gasteiger partial charge on any atom is -0.465 e. The molecule has 1 aromatic heterocycles. The van der Waals surface area contributed by atoms with Gasteiger partial charge in [-0.15, -0.1) is 11.3 Å². The van der Waals surface area contributed by atoms with Crippen molar-refractivity contribution in [1.82, 2.24) is 0 Å². The Bertz CT molecular complexity index is 400. The normalized spacial score (nSPS) is 9.69. The highest BCUT2D eigenvalue weighted by molar-refractivity contribution is 7.14. The van der Waals surface area contributed by atoms with Crippen LogP contribution < -0.4 is 5.32 Å². The van der Waals surface area contributed by atoms with Crippen LogP contribution in [0.5, 0.6) is 0 Å². The fraction of sp³-hybridized carbons (Fsp3) is 0.400. The Labute approximate surface area is 97.4 Å². The molecule has 16 heavy (non-hydrogen) atoms. The second-order valence-electron chi connectivity index (χ2n) is 2.94. The predicted molar refractivity (Wildman–Crippen MR) is 61.0 cm³/mol. The Morgan fingerprint density at radius 3 is 2.75 bits per heavy atom. The number of hydrogen-bond donors (Lipinski definition) is 1. The lowest BCUT2D eigenvalue weighted by Crippen LogP contribution is -2.15. The molecule has 0 saturated heterocycles. The molecule has 6 heteroatoms. The third-order valence-corrected chi connectivity index (χ3v) is 2.77. The maximum atomic E-state index is 11.4. The number of thiophene rings is 1. The lowest BCUT2D eigenvalue weighted by Gasteiger charge is -2.04. The number of carbonyl (C=O) groups is 2. The van der Waals surface area contributed by atoms with E-state index in [1.165, 1.54) is 18.4 Å². The van der Waals surface area contributed by atoms with Gasteiger partial charge in [-0.1, -0.05) is 0 Å². The largest absolute Gasteiger partial charge is 0.465 e. The summed E-state index contributed by atoms with van der Waals surface area (Å²) in [5, 5.41) is 2.50. The smallest absolute Gasteiger partial charge is 0.411 e. The first-order chi connectivity index (χ1) is 7.58. The molecule has 0 aliphatic heterocycles. The summed E-state index contributed by atoms with van der Waals surface area (Å²) in [6.07, 6.45) is -0.578. The first kappa shape index (κ1) is 12.5.